The summed E-state index contributed by atoms with van der Waals surface area (Å²) in [4.78, 5) is 27.9. The average Bonchev–Trinajstić information content (AvgIpc) is 2.63. The first-order chi connectivity index (χ1) is 8.93. The van der Waals surface area contributed by atoms with Gasteiger partial charge in [0.25, 0.3) is 0 Å². The molecule has 1 atom stereocenters. The fourth-order valence-corrected chi connectivity index (χ4v) is 2.59. The van der Waals surface area contributed by atoms with E-state index < -0.39 is 18.0 Å². The predicted octanol–water partition coefficient (Wildman–Crippen LogP) is 2.09. The molecule has 3 N–H and O–H groups in total. The van der Waals surface area contributed by atoms with Crippen LogP contribution >= 0.6 is 23.1 Å². The number of urea groups is 1. The van der Waals surface area contributed by atoms with E-state index in [9.17, 15) is 9.59 Å². The molecule has 0 bridgehead atoms. The standard InChI is InChI=1S/C11H17N3O3S2/c1-6-7(2)19-11(12-6)14-10(17)13-8(9(15)16)4-5-18-3/h8H,4-5H2,1-3H3,(H,15,16)(H2,12,13,14,17)/t8-/m0/s1. The van der Waals surface area contributed by atoms with Crippen LogP contribution in [0.25, 0.3) is 0 Å². The van der Waals surface area contributed by atoms with Gasteiger partial charge in [0.1, 0.15) is 6.04 Å². The maximum atomic E-state index is 11.7. The number of thiazole rings is 1. The first-order valence-electron chi connectivity index (χ1n) is 5.67. The van der Waals surface area contributed by atoms with Gasteiger partial charge in [-0.15, -0.1) is 11.3 Å². The van der Waals surface area contributed by atoms with E-state index in [1.54, 1.807) is 0 Å². The van der Waals surface area contributed by atoms with Gasteiger partial charge in [0.15, 0.2) is 5.13 Å². The van der Waals surface area contributed by atoms with Gasteiger partial charge in [-0.25, -0.2) is 14.6 Å². The summed E-state index contributed by atoms with van der Waals surface area (Å²) < 4.78 is 0. The number of nitrogens with one attached hydrogen (secondary N) is 2. The zero-order valence-corrected chi connectivity index (χ0v) is 12.7. The number of nitrogens with zero attached hydrogens (tertiary/aromatic N) is 1. The minimum atomic E-state index is -1.03. The van der Waals surface area contributed by atoms with Gasteiger partial charge in [-0.2, -0.15) is 11.8 Å². The van der Waals surface area contributed by atoms with Crippen LogP contribution < -0.4 is 10.6 Å². The molecular formula is C11H17N3O3S2. The summed E-state index contributed by atoms with van der Waals surface area (Å²) in [6.45, 7) is 3.77. The molecule has 0 aliphatic carbocycles. The normalized spacial score (nSPS) is 11.9. The second-order valence-corrected chi connectivity index (χ2v) is 6.12. The van der Waals surface area contributed by atoms with Crippen LogP contribution in [0.15, 0.2) is 0 Å². The van der Waals surface area contributed by atoms with Gasteiger partial charge in [-0.3, -0.25) is 5.32 Å². The Kier molecular flexibility index (Phi) is 6.10. The predicted molar refractivity (Wildman–Crippen MR) is 78.2 cm³/mol. The number of hydrogen-bond acceptors (Lipinski definition) is 5. The van der Waals surface area contributed by atoms with Crippen LogP contribution in [0.4, 0.5) is 9.93 Å². The second kappa shape index (κ2) is 7.34. The third-order valence-electron chi connectivity index (χ3n) is 2.46. The molecule has 0 radical (unpaired) electrons. The summed E-state index contributed by atoms with van der Waals surface area (Å²) in [5, 5.41) is 14.5. The van der Waals surface area contributed by atoms with Crippen molar-refractivity contribution in [1.82, 2.24) is 10.3 Å². The molecule has 0 spiro atoms. The number of aryl methyl sites for hydroxylation is 2. The van der Waals surface area contributed by atoms with Crippen molar-refractivity contribution in [3.05, 3.63) is 10.6 Å². The van der Waals surface area contributed by atoms with Gasteiger partial charge in [0.05, 0.1) is 5.69 Å². The monoisotopic (exact) mass is 303 g/mol. The Morgan fingerprint density at radius 2 is 2.16 bits per heavy atom. The largest absolute Gasteiger partial charge is 0.480 e. The van der Waals surface area contributed by atoms with Crippen molar-refractivity contribution in [3.63, 3.8) is 0 Å². The van der Waals surface area contributed by atoms with E-state index in [-0.39, 0.29) is 0 Å². The van der Waals surface area contributed by atoms with Gasteiger partial charge in [-0.05, 0) is 32.3 Å². The van der Waals surface area contributed by atoms with Crippen LogP contribution in [-0.2, 0) is 4.79 Å². The molecule has 19 heavy (non-hydrogen) atoms. The van der Waals surface area contributed by atoms with Gasteiger partial charge >= 0.3 is 12.0 Å². The fourth-order valence-electron chi connectivity index (χ4n) is 1.31. The molecule has 0 aliphatic rings. The minimum Gasteiger partial charge on any atom is -0.480 e. The van der Waals surface area contributed by atoms with Crippen LogP contribution in [0.1, 0.15) is 17.0 Å². The second-order valence-electron chi connectivity index (χ2n) is 3.93. The van der Waals surface area contributed by atoms with Crippen LogP contribution in [0, 0.1) is 13.8 Å². The van der Waals surface area contributed by atoms with E-state index in [0.29, 0.717) is 17.3 Å². The molecule has 0 unspecified atom stereocenters. The molecule has 1 rings (SSSR count). The lowest BCUT2D eigenvalue weighted by Crippen LogP contribution is -2.43. The number of thioether (sulfide) groups is 1. The summed E-state index contributed by atoms with van der Waals surface area (Å²) in [5.41, 5.74) is 0.859. The number of carboxylic acids is 1. The lowest BCUT2D eigenvalue weighted by atomic mass is 10.2. The highest BCUT2D eigenvalue weighted by atomic mass is 32.2. The number of aliphatic carboxylic acids is 1. The summed E-state index contributed by atoms with van der Waals surface area (Å²) in [7, 11) is 0. The molecule has 0 fully saturated rings. The molecule has 6 nitrogen and oxygen atoms in total. The van der Waals surface area contributed by atoms with Gasteiger partial charge in [0, 0.05) is 4.88 Å². The van der Waals surface area contributed by atoms with Crippen molar-refractivity contribution in [2.45, 2.75) is 26.3 Å². The quantitative estimate of drug-likeness (QED) is 0.748. The minimum absolute atomic E-state index is 0.389. The van der Waals surface area contributed by atoms with Gasteiger partial charge < -0.3 is 10.4 Å². The number of rotatable bonds is 6. The Labute approximate surface area is 120 Å². The van der Waals surface area contributed by atoms with Crippen LogP contribution in [-0.4, -0.2) is 40.1 Å². The van der Waals surface area contributed by atoms with Crippen molar-refractivity contribution < 1.29 is 14.7 Å². The van der Waals surface area contributed by atoms with E-state index in [1.165, 1.54) is 23.1 Å². The number of carbonyl (C=O) groups is 2. The van der Waals surface area contributed by atoms with E-state index in [4.69, 9.17) is 5.11 Å². The molecule has 0 aliphatic heterocycles. The van der Waals surface area contributed by atoms with E-state index in [0.717, 1.165) is 10.6 Å². The third kappa shape index (κ3) is 5.07. The smallest absolute Gasteiger partial charge is 0.326 e. The van der Waals surface area contributed by atoms with Gasteiger partial charge in [-0.1, -0.05) is 0 Å². The number of carbonyl (C=O) groups excluding carboxylic acids is 1. The Hall–Kier alpha value is -1.28. The summed E-state index contributed by atoms with van der Waals surface area (Å²) in [6.07, 6.45) is 2.28. The van der Waals surface area contributed by atoms with Crippen LogP contribution in [0.2, 0.25) is 0 Å². The number of hydrogen-bond donors (Lipinski definition) is 3. The number of amides is 2. The maximum Gasteiger partial charge on any atom is 0.326 e. The molecule has 1 heterocycles. The Bertz CT molecular complexity index is 443. The van der Waals surface area contributed by atoms with Crippen molar-refractivity contribution >= 4 is 40.2 Å². The Morgan fingerprint density at radius 1 is 1.47 bits per heavy atom. The third-order valence-corrected chi connectivity index (χ3v) is 4.10. The van der Waals surface area contributed by atoms with Crippen molar-refractivity contribution in [2.24, 2.45) is 0 Å². The molecule has 0 saturated carbocycles. The molecular weight excluding hydrogens is 286 g/mol. The van der Waals surface area contributed by atoms with Crippen LogP contribution in [0.5, 0.6) is 0 Å². The number of anilines is 1. The Balaban J connectivity index is 2.54. The lowest BCUT2D eigenvalue weighted by molar-refractivity contribution is -0.139. The van der Waals surface area contributed by atoms with Crippen molar-refractivity contribution in [1.29, 1.82) is 0 Å². The molecule has 2 amide bonds. The van der Waals surface area contributed by atoms with E-state index in [2.05, 4.69) is 15.6 Å². The van der Waals surface area contributed by atoms with Gasteiger partial charge in [0.2, 0.25) is 0 Å². The number of carboxylic acid groups (broad SMARTS) is 1. The highest BCUT2D eigenvalue weighted by Crippen LogP contribution is 2.20. The first kappa shape index (κ1) is 15.8. The summed E-state index contributed by atoms with van der Waals surface area (Å²) >= 11 is 2.90. The van der Waals surface area contributed by atoms with E-state index in [1.807, 2.05) is 20.1 Å². The molecule has 8 heteroatoms. The van der Waals surface area contributed by atoms with E-state index >= 15 is 0 Å². The van der Waals surface area contributed by atoms with Crippen molar-refractivity contribution in [2.75, 3.05) is 17.3 Å². The lowest BCUT2D eigenvalue weighted by Gasteiger charge is -2.13. The molecule has 0 saturated heterocycles. The molecule has 1 aromatic heterocycles. The molecule has 1 aromatic rings. The first-order valence-corrected chi connectivity index (χ1v) is 7.88. The summed E-state index contributed by atoms with van der Waals surface area (Å²) in [6, 6.07) is -1.42. The zero-order chi connectivity index (χ0) is 14.4. The van der Waals surface area contributed by atoms with Crippen LogP contribution in [0.3, 0.4) is 0 Å². The van der Waals surface area contributed by atoms with Crippen molar-refractivity contribution in [3.8, 4) is 0 Å². The molecule has 106 valence electrons. The zero-order valence-electron chi connectivity index (χ0n) is 11.0. The highest BCUT2D eigenvalue weighted by Gasteiger charge is 2.19. The Morgan fingerprint density at radius 3 is 2.63 bits per heavy atom. The molecule has 0 aromatic carbocycles. The number of aromatic nitrogens is 1. The highest BCUT2D eigenvalue weighted by molar-refractivity contribution is 7.98. The summed E-state index contributed by atoms with van der Waals surface area (Å²) in [5.74, 6) is -0.358. The maximum absolute atomic E-state index is 11.7. The SMILES string of the molecule is CSCC[C@H](NC(=O)Nc1nc(C)c(C)s1)C(=O)O. The average molecular weight is 303 g/mol. The topological polar surface area (TPSA) is 91.3 Å². The fraction of sp³-hybridized carbons (Fsp3) is 0.545.